The largest absolute Gasteiger partial charge is 0.466 e. The first kappa shape index (κ1) is 16.4. The molecule has 0 bridgehead atoms. The van der Waals surface area contributed by atoms with Crippen molar-refractivity contribution in [2.24, 2.45) is 0 Å². The number of nitrogens with one attached hydrogen (secondary N) is 1. The summed E-state index contributed by atoms with van der Waals surface area (Å²) in [5.41, 5.74) is -0.804. The Kier molecular flexibility index (Phi) is 4.46. The Bertz CT molecular complexity index is 843. The molecule has 0 aliphatic heterocycles. The number of halogens is 1. The maximum Gasteiger partial charge on any atom is 0.270 e. The molecule has 0 radical (unpaired) electrons. The predicted molar refractivity (Wildman–Crippen MR) is 88.1 cm³/mol. The Labute approximate surface area is 141 Å². The van der Waals surface area contributed by atoms with Gasteiger partial charge in [-0.1, -0.05) is 12.1 Å². The monoisotopic (exact) mass is 346 g/mol. The number of aromatic nitrogens is 1. The van der Waals surface area contributed by atoms with E-state index in [0.717, 1.165) is 0 Å². The molecule has 0 saturated heterocycles. The molecule has 0 spiro atoms. The van der Waals surface area contributed by atoms with Gasteiger partial charge in [-0.25, -0.2) is 9.37 Å². The lowest BCUT2D eigenvalue weighted by Crippen LogP contribution is -2.38. The van der Waals surface area contributed by atoms with Crippen molar-refractivity contribution in [1.82, 2.24) is 10.3 Å². The molecule has 0 aliphatic rings. The lowest BCUT2D eigenvalue weighted by Gasteiger charge is -2.20. The number of carbonyl (C=O) groups is 1. The summed E-state index contributed by atoms with van der Waals surface area (Å²) in [6, 6.07) is 9.55. The predicted octanol–water partition coefficient (Wildman–Crippen LogP) is 3.18. The standard InChI is InChI=1S/C17H15FN2O3S/c1-17(22,14-7-4-8-23-14)10-19-15(21)13-9-24-16(20-13)11-5-2-3-6-12(11)18/h2-9,22H,10H2,1H3,(H,19,21). The lowest BCUT2D eigenvalue weighted by atomic mass is 10.0. The number of furan rings is 1. The van der Waals surface area contributed by atoms with E-state index in [1.54, 1.807) is 35.7 Å². The Morgan fingerprint density at radius 1 is 1.38 bits per heavy atom. The van der Waals surface area contributed by atoms with E-state index in [9.17, 15) is 14.3 Å². The van der Waals surface area contributed by atoms with Crippen LogP contribution in [0.3, 0.4) is 0 Å². The third kappa shape index (κ3) is 3.37. The van der Waals surface area contributed by atoms with Crippen molar-refractivity contribution in [3.63, 3.8) is 0 Å². The van der Waals surface area contributed by atoms with E-state index in [4.69, 9.17) is 4.42 Å². The van der Waals surface area contributed by atoms with Crippen LogP contribution in [0.4, 0.5) is 4.39 Å². The Morgan fingerprint density at radius 3 is 2.88 bits per heavy atom. The van der Waals surface area contributed by atoms with Crippen molar-refractivity contribution in [1.29, 1.82) is 0 Å². The molecule has 1 aromatic carbocycles. The number of rotatable bonds is 5. The van der Waals surface area contributed by atoms with Crippen molar-refractivity contribution >= 4 is 17.2 Å². The summed E-state index contributed by atoms with van der Waals surface area (Å²) in [6.07, 6.45) is 1.45. The zero-order valence-corrected chi connectivity index (χ0v) is 13.6. The summed E-state index contributed by atoms with van der Waals surface area (Å²) in [6.45, 7) is 1.50. The quantitative estimate of drug-likeness (QED) is 0.744. The maximum atomic E-state index is 13.8. The molecule has 0 fully saturated rings. The van der Waals surface area contributed by atoms with Gasteiger partial charge in [0.2, 0.25) is 0 Å². The third-order valence-corrected chi connectivity index (χ3v) is 4.36. The fraction of sp³-hybridized carbons (Fsp3) is 0.176. The fourth-order valence-electron chi connectivity index (χ4n) is 2.15. The van der Waals surface area contributed by atoms with E-state index in [1.807, 2.05) is 0 Å². The average molecular weight is 346 g/mol. The van der Waals surface area contributed by atoms with Crippen molar-refractivity contribution in [2.75, 3.05) is 6.54 Å². The first-order chi connectivity index (χ1) is 11.5. The number of amides is 1. The molecule has 24 heavy (non-hydrogen) atoms. The Hall–Kier alpha value is -2.51. The highest BCUT2D eigenvalue weighted by Gasteiger charge is 2.27. The minimum Gasteiger partial charge on any atom is -0.466 e. The highest BCUT2D eigenvalue weighted by atomic mass is 32.1. The topological polar surface area (TPSA) is 75.4 Å². The van der Waals surface area contributed by atoms with Crippen LogP contribution in [0, 0.1) is 5.82 Å². The molecule has 1 amide bonds. The van der Waals surface area contributed by atoms with Crippen LogP contribution < -0.4 is 5.32 Å². The van der Waals surface area contributed by atoms with Crippen molar-refractivity contribution in [3.05, 3.63) is 65.3 Å². The smallest absolute Gasteiger partial charge is 0.270 e. The second kappa shape index (κ2) is 6.54. The SMILES string of the molecule is CC(O)(CNC(=O)c1csc(-c2ccccc2F)n1)c1ccco1. The average Bonchev–Trinajstić information content (AvgIpc) is 3.25. The molecule has 2 heterocycles. The van der Waals surface area contributed by atoms with Crippen LogP contribution in [-0.4, -0.2) is 22.5 Å². The molecule has 1 unspecified atom stereocenters. The fourth-order valence-corrected chi connectivity index (χ4v) is 2.98. The maximum absolute atomic E-state index is 13.8. The van der Waals surface area contributed by atoms with Gasteiger partial charge in [-0.2, -0.15) is 0 Å². The zero-order valence-electron chi connectivity index (χ0n) is 12.8. The van der Waals surface area contributed by atoms with Crippen LogP contribution in [0.25, 0.3) is 10.6 Å². The molecule has 0 aliphatic carbocycles. The van der Waals surface area contributed by atoms with Gasteiger partial charge in [0.15, 0.2) is 0 Å². The van der Waals surface area contributed by atoms with Crippen LogP contribution >= 0.6 is 11.3 Å². The second-order valence-electron chi connectivity index (χ2n) is 5.45. The third-order valence-electron chi connectivity index (χ3n) is 3.49. The molecule has 5 nitrogen and oxygen atoms in total. The van der Waals surface area contributed by atoms with Crippen LogP contribution in [0.1, 0.15) is 23.2 Å². The normalized spacial score (nSPS) is 13.5. The minimum atomic E-state index is -1.33. The van der Waals surface area contributed by atoms with Gasteiger partial charge < -0.3 is 14.8 Å². The summed E-state index contributed by atoms with van der Waals surface area (Å²) in [7, 11) is 0. The van der Waals surface area contributed by atoms with Gasteiger partial charge >= 0.3 is 0 Å². The van der Waals surface area contributed by atoms with Gasteiger partial charge in [0.25, 0.3) is 5.91 Å². The van der Waals surface area contributed by atoms with Crippen LogP contribution in [0.15, 0.2) is 52.5 Å². The molecule has 3 aromatic rings. The van der Waals surface area contributed by atoms with Gasteiger partial charge in [-0.05, 0) is 31.2 Å². The summed E-state index contributed by atoms with van der Waals surface area (Å²) < 4.78 is 18.9. The van der Waals surface area contributed by atoms with E-state index in [2.05, 4.69) is 10.3 Å². The molecule has 7 heteroatoms. The summed E-state index contributed by atoms with van der Waals surface area (Å²) >= 11 is 1.18. The second-order valence-corrected chi connectivity index (χ2v) is 6.31. The van der Waals surface area contributed by atoms with E-state index in [-0.39, 0.29) is 18.1 Å². The van der Waals surface area contributed by atoms with Gasteiger partial charge in [0, 0.05) is 10.9 Å². The first-order valence-electron chi connectivity index (χ1n) is 7.22. The number of benzene rings is 1. The number of nitrogens with zero attached hydrogens (tertiary/aromatic N) is 1. The highest BCUT2D eigenvalue weighted by Crippen LogP contribution is 2.26. The van der Waals surface area contributed by atoms with Crippen molar-refractivity contribution in [2.45, 2.75) is 12.5 Å². The number of aliphatic hydroxyl groups is 1. The van der Waals surface area contributed by atoms with E-state index >= 15 is 0 Å². The van der Waals surface area contributed by atoms with Gasteiger partial charge in [-0.3, -0.25) is 4.79 Å². The molecule has 3 rings (SSSR count). The summed E-state index contributed by atoms with van der Waals surface area (Å²) in [5, 5.41) is 14.9. The van der Waals surface area contributed by atoms with Crippen molar-refractivity contribution < 1.29 is 18.7 Å². The van der Waals surface area contributed by atoms with Crippen molar-refractivity contribution in [3.8, 4) is 10.6 Å². The molecule has 1 atom stereocenters. The van der Waals surface area contributed by atoms with Crippen LogP contribution in [0.5, 0.6) is 0 Å². The first-order valence-corrected chi connectivity index (χ1v) is 8.10. The summed E-state index contributed by atoms with van der Waals surface area (Å²) in [5.74, 6) is -0.478. The number of hydrogen-bond acceptors (Lipinski definition) is 5. The molecular weight excluding hydrogens is 331 g/mol. The van der Waals surface area contributed by atoms with Gasteiger partial charge in [0.05, 0.1) is 12.8 Å². The van der Waals surface area contributed by atoms with Gasteiger partial charge in [-0.15, -0.1) is 11.3 Å². The van der Waals surface area contributed by atoms with Crippen LogP contribution in [-0.2, 0) is 5.60 Å². The lowest BCUT2D eigenvalue weighted by molar-refractivity contribution is 0.0329. The number of carbonyl (C=O) groups excluding carboxylic acids is 1. The highest BCUT2D eigenvalue weighted by molar-refractivity contribution is 7.13. The Balaban J connectivity index is 1.70. The Morgan fingerprint density at radius 2 is 2.17 bits per heavy atom. The number of hydrogen-bond donors (Lipinski definition) is 2. The van der Waals surface area contributed by atoms with E-state index in [1.165, 1.54) is 30.6 Å². The molecule has 124 valence electrons. The van der Waals surface area contributed by atoms with Crippen LogP contribution in [0.2, 0.25) is 0 Å². The van der Waals surface area contributed by atoms with E-state index in [0.29, 0.717) is 16.3 Å². The summed E-state index contributed by atoms with van der Waals surface area (Å²) in [4.78, 5) is 16.4. The molecular formula is C17H15FN2O3S. The minimum absolute atomic E-state index is 0.0358. The molecule has 2 N–H and O–H groups in total. The molecule has 0 saturated carbocycles. The molecule has 2 aromatic heterocycles. The van der Waals surface area contributed by atoms with E-state index < -0.39 is 11.5 Å². The zero-order chi connectivity index (χ0) is 17.2. The number of thiazole rings is 1. The van der Waals surface area contributed by atoms with Gasteiger partial charge in [0.1, 0.15) is 27.9 Å².